The number of amides is 1. The van der Waals surface area contributed by atoms with Crippen LogP contribution < -0.4 is 10.1 Å². The summed E-state index contributed by atoms with van der Waals surface area (Å²) in [6.45, 7) is 0. The lowest BCUT2D eigenvalue weighted by atomic mass is 9.88. The number of anilines is 1. The van der Waals surface area contributed by atoms with Gasteiger partial charge in [-0.3, -0.25) is 4.79 Å². The summed E-state index contributed by atoms with van der Waals surface area (Å²) in [4.78, 5) is 25.4. The fraction of sp³-hybridized carbons (Fsp3) is 0.143. The van der Waals surface area contributed by atoms with Crippen LogP contribution in [-0.4, -0.2) is 24.1 Å². The fourth-order valence-electron chi connectivity index (χ4n) is 3.43. The third-order valence-electron chi connectivity index (χ3n) is 4.75. The summed E-state index contributed by atoms with van der Waals surface area (Å²) >= 11 is 7.20. The smallest absolute Gasteiger partial charge is 0.346 e. The highest BCUT2D eigenvalue weighted by atomic mass is 35.5. The molecule has 142 valence electrons. The van der Waals surface area contributed by atoms with E-state index < -0.39 is 5.97 Å². The van der Waals surface area contributed by atoms with Crippen LogP contribution in [0.25, 0.3) is 11.1 Å². The van der Waals surface area contributed by atoms with Gasteiger partial charge in [-0.2, -0.15) is 0 Å². The predicted octanol–water partition coefficient (Wildman–Crippen LogP) is 5.25. The molecule has 2 aromatic carbocycles. The lowest BCUT2D eigenvalue weighted by Gasteiger charge is -2.24. The number of methoxy groups -OCH3 is 1. The van der Waals surface area contributed by atoms with Crippen molar-refractivity contribution in [1.82, 2.24) is 0 Å². The molecule has 28 heavy (non-hydrogen) atoms. The Kier molecular flexibility index (Phi) is 4.83. The maximum Gasteiger partial charge on any atom is 0.346 e. The second-order valence-electron chi connectivity index (χ2n) is 6.44. The van der Waals surface area contributed by atoms with Crippen LogP contribution in [0.15, 0.2) is 48.5 Å². The number of carboxylic acids is 1. The molecule has 0 fully saturated rings. The number of halogens is 1. The summed E-state index contributed by atoms with van der Waals surface area (Å²) in [7, 11) is 1.57. The van der Waals surface area contributed by atoms with E-state index in [1.54, 1.807) is 43.5 Å². The first-order valence-electron chi connectivity index (χ1n) is 8.57. The van der Waals surface area contributed by atoms with Gasteiger partial charge in [0.2, 0.25) is 5.91 Å². The standard InChI is InChI=1S/C21H16ClNO4S/c1-27-14-8-4-12(5-9-14)17-18-19(28-20(17)21(25)26)15(10-16(24)23-18)11-2-6-13(22)7-3-11/h2-9,15H,10H2,1H3,(H,23,24)(H,25,26)/t15-/m1/s1. The second-order valence-corrected chi connectivity index (χ2v) is 7.92. The zero-order chi connectivity index (χ0) is 19.8. The maximum absolute atomic E-state index is 12.4. The Morgan fingerprint density at radius 2 is 1.86 bits per heavy atom. The molecule has 0 aliphatic carbocycles. The van der Waals surface area contributed by atoms with Crippen molar-refractivity contribution in [2.75, 3.05) is 12.4 Å². The SMILES string of the molecule is COc1ccc(-c2c(C(=O)O)sc3c2NC(=O)C[C@@H]3c2ccc(Cl)cc2)cc1. The summed E-state index contributed by atoms with van der Waals surface area (Å²) in [6.07, 6.45) is 0.260. The average molecular weight is 414 g/mol. The minimum atomic E-state index is -1.02. The van der Waals surface area contributed by atoms with E-state index in [9.17, 15) is 14.7 Å². The number of carbonyl (C=O) groups excluding carboxylic acids is 1. The molecule has 5 nitrogen and oxygen atoms in total. The molecule has 1 amide bonds. The van der Waals surface area contributed by atoms with Gasteiger partial charge in [-0.1, -0.05) is 35.9 Å². The lowest BCUT2D eigenvalue weighted by Crippen LogP contribution is -2.22. The van der Waals surface area contributed by atoms with Crippen LogP contribution >= 0.6 is 22.9 Å². The topological polar surface area (TPSA) is 75.6 Å². The Labute approximate surface area is 170 Å². The van der Waals surface area contributed by atoms with Crippen LogP contribution in [0.4, 0.5) is 5.69 Å². The first-order chi connectivity index (χ1) is 13.5. The molecule has 1 aliphatic heterocycles. The number of carboxylic acid groups (broad SMARTS) is 1. The van der Waals surface area contributed by atoms with Crippen molar-refractivity contribution < 1.29 is 19.4 Å². The van der Waals surface area contributed by atoms with Gasteiger partial charge in [0.05, 0.1) is 12.8 Å². The zero-order valence-corrected chi connectivity index (χ0v) is 16.4. The van der Waals surface area contributed by atoms with Crippen LogP contribution in [-0.2, 0) is 4.79 Å². The number of rotatable bonds is 4. The van der Waals surface area contributed by atoms with E-state index in [0.29, 0.717) is 27.6 Å². The molecule has 0 radical (unpaired) electrons. The van der Waals surface area contributed by atoms with Gasteiger partial charge in [-0.05, 0) is 35.4 Å². The zero-order valence-electron chi connectivity index (χ0n) is 14.9. The molecule has 7 heteroatoms. The summed E-state index contributed by atoms with van der Waals surface area (Å²) in [5, 5.41) is 13.3. The molecule has 1 aliphatic rings. The molecular formula is C21H16ClNO4S. The molecule has 2 N–H and O–H groups in total. The van der Waals surface area contributed by atoms with Crippen LogP contribution in [0.2, 0.25) is 5.02 Å². The number of hydrogen-bond donors (Lipinski definition) is 2. The Bertz CT molecular complexity index is 1060. The molecule has 1 atom stereocenters. The van der Waals surface area contributed by atoms with Gasteiger partial charge >= 0.3 is 5.97 Å². The van der Waals surface area contributed by atoms with E-state index in [2.05, 4.69) is 5.32 Å². The first-order valence-corrected chi connectivity index (χ1v) is 9.77. The largest absolute Gasteiger partial charge is 0.497 e. The van der Waals surface area contributed by atoms with Crippen LogP contribution in [0.1, 0.15) is 32.5 Å². The molecule has 0 spiro atoms. The minimum Gasteiger partial charge on any atom is -0.497 e. The highest BCUT2D eigenvalue weighted by molar-refractivity contribution is 7.15. The fourth-order valence-corrected chi connectivity index (χ4v) is 4.81. The number of thiophene rings is 1. The van der Waals surface area contributed by atoms with E-state index >= 15 is 0 Å². The second kappa shape index (κ2) is 7.30. The van der Waals surface area contributed by atoms with Crippen molar-refractivity contribution in [2.24, 2.45) is 0 Å². The van der Waals surface area contributed by atoms with Crippen molar-refractivity contribution in [2.45, 2.75) is 12.3 Å². The third kappa shape index (κ3) is 3.25. The highest BCUT2D eigenvalue weighted by Gasteiger charge is 2.34. The number of hydrogen-bond acceptors (Lipinski definition) is 4. The Morgan fingerprint density at radius 3 is 2.46 bits per heavy atom. The van der Waals surface area contributed by atoms with Gasteiger partial charge in [0.25, 0.3) is 0 Å². The van der Waals surface area contributed by atoms with Crippen molar-refractivity contribution in [3.63, 3.8) is 0 Å². The number of fused-ring (bicyclic) bond motifs is 1. The summed E-state index contributed by atoms with van der Waals surface area (Å²) in [5.74, 6) is -0.699. The molecule has 0 unspecified atom stereocenters. The number of benzene rings is 2. The lowest BCUT2D eigenvalue weighted by molar-refractivity contribution is -0.116. The quantitative estimate of drug-likeness (QED) is 0.612. The normalized spacial score (nSPS) is 15.6. The van der Waals surface area contributed by atoms with E-state index in [4.69, 9.17) is 16.3 Å². The van der Waals surface area contributed by atoms with Gasteiger partial charge in [0, 0.05) is 27.8 Å². The van der Waals surface area contributed by atoms with Gasteiger partial charge in [-0.25, -0.2) is 4.79 Å². The molecule has 1 aromatic heterocycles. The monoisotopic (exact) mass is 413 g/mol. The van der Waals surface area contributed by atoms with Crippen LogP contribution in [0.5, 0.6) is 5.75 Å². The number of nitrogens with one attached hydrogen (secondary N) is 1. The van der Waals surface area contributed by atoms with Crippen molar-refractivity contribution in [3.05, 3.63) is 68.9 Å². The van der Waals surface area contributed by atoms with Crippen LogP contribution in [0.3, 0.4) is 0 Å². The molecule has 0 saturated heterocycles. The van der Waals surface area contributed by atoms with Gasteiger partial charge in [0.1, 0.15) is 10.6 Å². The highest BCUT2D eigenvalue weighted by Crippen LogP contribution is 2.49. The van der Waals surface area contributed by atoms with Gasteiger partial charge in [0.15, 0.2) is 0 Å². The predicted molar refractivity (Wildman–Crippen MR) is 110 cm³/mol. The van der Waals surface area contributed by atoms with E-state index in [0.717, 1.165) is 10.4 Å². The molecular weight excluding hydrogens is 398 g/mol. The number of carbonyl (C=O) groups is 2. The van der Waals surface area contributed by atoms with E-state index in [1.807, 2.05) is 12.1 Å². The van der Waals surface area contributed by atoms with Crippen molar-refractivity contribution in [3.8, 4) is 16.9 Å². The third-order valence-corrected chi connectivity index (χ3v) is 6.29. The van der Waals surface area contributed by atoms with E-state index in [-0.39, 0.29) is 23.1 Å². The maximum atomic E-state index is 12.4. The average Bonchev–Trinajstić information content (AvgIpc) is 3.07. The minimum absolute atomic E-state index is 0.142. The van der Waals surface area contributed by atoms with E-state index in [1.165, 1.54) is 11.3 Å². The molecule has 0 saturated carbocycles. The van der Waals surface area contributed by atoms with Crippen molar-refractivity contribution in [1.29, 1.82) is 0 Å². The molecule has 2 heterocycles. The molecule has 3 aromatic rings. The summed E-state index contributed by atoms with van der Waals surface area (Å²) < 4.78 is 5.18. The number of aromatic carboxylic acids is 1. The number of ether oxygens (including phenoxy) is 1. The molecule has 4 rings (SSSR count). The Morgan fingerprint density at radius 1 is 1.18 bits per heavy atom. The summed E-state index contributed by atoms with van der Waals surface area (Å²) in [5.41, 5.74) is 2.75. The summed E-state index contributed by atoms with van der Waals surface area (Å²) in [6, 6.07) is 14.4. The van der Waals surface area contributed by atoms with Gasteiger partial charge in [-0.15, -0.1) is 11.3 Å². The van der Waals surface area contributed by atoms with Gasteiger partial charge < -0.3 is 15.2 Å². The van der Waals surface area contributed by atoms with Crippen molar-refractivity contribution >= 4 is 40.5 Å². The van der Waals surface area contributed by atoms with Crippen LogP contribution in [0, 0.1) is 0 Å². The Hall–Kier alpha value is -2.83. The molecule has 0 bridgehead atoms. The first kappa shape index (κ1) is 18.5. The Balaban J connectivity index is 1.89.